The molecule has 2 aromatic heterocycles. The molecule has 4 rings (SSSR count). The zero-order chi connectivity index (χ0) is 17.8. The van der Waals surface area contributed by atoms with Crippen molar-refractivity contribution < 1.29 is 13.9 Å². The highest BCUT2D eigenvalue weighted by atomic mass is 16.5. The first-order valence-corrected chi connectivity index (χ1v) is 8.18. The normalized spacial score (nSPS) is 10.7. The molecule has 0 aliphatic rings. The van der Waals surface area contributed by atoms with Gasteiger partial charge in [-0.05, 0) is 60.2 Å². The minimum absolute atomic E-state index is 0.368. The van der Waals surface area contributed by atoms with Gasteiger partial charge in [0.15, 0.2) is 5.89 Å². The van der Waals surface area contributed by atoms with E-state index in [-0.39, 0.29) is 0 Å². The number of H-pyrrole nitrogens is 1. The quantitative estimate of drug-likeness (QED) is 0.545. The second kappa shape index (κ2) is 7.14. The highest BCUT2D eigenvalue weighted by Crippen LogP contribution is 2.26. The predicted molar refractivity (Wildman–Crippen MR) is 96.1 cm³/mol. The number of hydrogen-bond donors (Lipinski definition) is 1. The summed E-state index contributed by atoms with van der Waals surface area (Å²) in [6.07, 6.45) is 3.33. The third kappa shape index (κ3) is 3.75. The van der Waals surface area contributed by atoms with E-state index in [1.807, 2.05) is 54.6 Å². The Bertz CT molecular complexity index is 958. The lowest BCUT2D eigenvalue weighted by atomic mass is 10.1. The van der Waals surface area contributed by atoms with Crippen LogP contribution in [-0.4, -0.2) is 15.2 Å². The Morgan fingerprint density at radius 1 is 0.923 bits per heavy atom. The zero-order valence-corrected chi connectivity index (χ0v) is 14.2. The Hall–Kier alpha value is -3.54. The molecule has 6 nitrogen and oxygen atoms in total. The molecule has 0 aliphatic carbocycles. The van der Waals surface area contributed by atoms with Crippen LogP contribution in [0.2, 0.25) is 0 Å². The molecule has 4 aromatic rings. The molecule has 26 heavy (non-hydrogen) atoms. The predicted octanol–water partition coefficient (Wildman–Crippen LogP) is 4.74. The van der Waals surface area contributed by atoms with Gasteiger partial charge in [-0.1, -0.05) is 0 Å². The Morgan fingerprint density at radius 3 is 2.23 bits per heavy atom. The third-order valence-electron chi connectivity index (χ3n) is 3.78. The lowest BCUT2D eigenvalue weighted by molar-refractivity contribution is 0.300. The van der Waals surface area contributed by atoms with E-state index in [0.717, 1.165) is 34.2 Å². The van der Waals surface area contributed by atoms with Crippen LogP contribution in [0.1, 0.15) is 11.6 Å². The molecule has 0 spiro atoms. The van der Waals surface area contributed by atoms with Crippen LogP contribution >= 0.6 is 0 Å². The van der Waals surface area contributed by atoms with Gasteiger partial charge in [0.25, 0.3) is 0 Å². The van der Waals surface area contributed by atoms with Gasteiger partial charge in [0, 0.05) is 13.1 Å². The van der Waals surface area contributed by atoms with Crippen molar-refractivity contribution in [3.8, 4) is 28.5 Å². The maximum Gasteiger partial charge on any atom is 0.191 e. The van der Waals surface area contributed by atoms with Crippen molar-refractivity contribution in [2.45, 2.75) is 13.5 Å². The molecule has 2 heterocycles. The van der Waals surface area contributed by atoms with Crippen molar-refractivity contribution in [3.63, 3.8) is 0 Å². The van der Waals surface area contributed by atoms with Crippen LogP contribution in [0.15, 0.2) is 71.5 Å². The van der Waals surface area contributed by atoms with E-state index in [4.69, 9.17) is 13.9 Å². The van der Waals surface area contributed by atoms with E-state index in [1.54, 1.807) is 19.4 Å². The first kappa shape index (κ1) is 16.0. The molecule has 130 valence electrons. The number of benzene rings is 2. The number of aryl methyl sites for hydroxylation is 1. The molecule has 6 heteroatoms. The van der Waals surface area contributed by atoms with E-state index in [9.17, 15) is 0 Å². The van der Waals surface area contributed by atoms with Gasteiger partial charge in [-0.25, -0.2) is 4.98 Å². The number of nitrogens with one attached hydrogen (secondary N) is 1. The van der Waals surface area contributed by atoms with E-state index in [2.05, 4.69) is 15.2 Å². The lowest BCUT2D eigenvalue weighted by Gasteiger charge is -2.08. The van der Waals surface area contributed by atoms with E-state index >= 15 is 0 Å². The monoisotopic (exact) mass is 347 g/mol. The number of nitrogens with zero attached hydrogens (tertiary/aromatic N) is 2. The Labute approximate surface area is 150 Å². The summed E-state index contributed by atoms with van der Waals surface area (Å²) in [6, 6.07) is 17.2. The number of aromatic amines is 1. The Morgan fingerprint density at radius 2 is 1.62 bits per heavy atom. The first-order valence-electron chi connectivity index (χ1n) is 8.18. The minimum atomic E-state index is 0.368. The summed E-state index contributed by atoms with van der Waals surface area (Å²) in [5.41, 5.74) is 2.79. The molecule has 0 unspecified atom stereocenters. The van der Waals surface area contributed by atoms with Crippen LogP contribution in [0.25, 0.3) is 11.3 Å². The smallest absolute Gasteiger partial charge is 0.191 e. The van der Waals surface area contributed by atoms with Crippen molar-refractivity contribution >= 4 is 0 Å². The summed E-state index contributed by atoms with van der Waals surface area (Å²) in [6.45, 7) is 2.17. The fraction of sp³-hybridized carbons (Fsp3) is 0.100. The number of rotatable bonds is 6. The molecule has 2 aromatic carbocycles. The van der Waals surface area contributed by atoms with Crippen LogP contribution < -0.4 is 9.47 Å². The summed E-state index contributed by atoms with van der Waals surface area (Å²) < 4.78 is 16.7. The van der Waals surface area contributed by atoms with E-state index in [0.29, 0.717) is 12.5 Å². The molecule has 1 N–H and O–H groups in total. The molecule has 0 atom stereocenters. The van der Waals surface area contributed by atoms with Crippen molar-refractivity contribution in [2.24, 2.45) is 0 Å². The van der Waals surface area contributed by atoms with Crippen LogP contribution in [-0.2, 0) is 6.61 Å². The molecular weight excluding hydrogens is 330 g/mol. The summed E-state index contributed by atoms with van der Waals surface area (Å²) in [5.74, 6) is 2.88. The van der Waals surface area contributed by atoms with Gasteiger partial charge in [0.05, 0.1) is 5.69 Å². The molecule has 0 fully saturated rings. The number of ether oxygens (including phenoxy) is 2. The number of aromatic nitrogens is 3. The summed E-state index contributed by atoms with van der Waals surface area (Å²) >= 11 is 0. The zero-order valence-electron chi connectivity index (χ0n) is 14.2. The summed E-state index contributed by atoms with van der Waals surface area (Å²) in [4.78, 5) is 4.20. The molecular formula is C20H17N3O3. The average Bonchev–Trinajstić information content (AvgIpc) is 3.34. The first-order chi connectivity index (χ1) is 12.8. The SMILES string of the molecule is Cc1nc(COc2ccc(Oc3ccc(-c4ccn[nH]4)cc3)cc2)co1. The topological polar surface area (TPSA) is 73.2 Å². The highest BCUT2D eigenvalue weighted by Gasteiger charge is 2.03. The second-order valence-electron chi connectivity index (χ2n) is 5.71. The summed E-state index contributed by atoms with van der Waals surface area (Å²) in [5, 5.41) is 6.89. The van der Waals surface area contributed by atoms with Gasteiger partial charge in [-0.15, -0.1) is 0 Å². The fourth-order valence-corrected chi connectivity index (χ4v) is 2.49. The van der Waals surface area contributed by atoms with Gasteiger partial charge in [0.2, 0.25) is 0 Å². The lowest BCUT2D eigenvalue weighted by Crippen LogP contribution is -1.95. The van der Waals surface area contributed by atoms with E-state index < -0.39 is 0 Å². The minimum Gasteiger partial charge on any atom is -0.487 e. The second-order valence-corrected chi connectivity index (χ2v) is 5.71. The maximum atomic E-state index is 5.86. The van der Waals surface area contributed by atoms with Crippen molar-refractivity contribution in [3.05, 3.63) is 78.6 Å². The van der Waals surface area contributed by atoms with Gasteiger partial charge in [-0.3, -0.25) is 5.10 Å². The number of oxazole rings is 1. The van der Waals surface area contributed by atoms with Crippen LogP contribution in [0.3, 0.4) is 0 Å². The molecule has 0 radical (unpaired) electrons. The maximum absolute atomic E-state index is 5.86. The molecule has 0 bridgehead atoms. The van der Waals surface area contributed by atoms with Crippen molar-refractivity contribution in [1.82, 2.24) is 15.2 Å². The third-order valence-corrected chi connectivity index (χ3v) is 3.78. The standard InChI is InChI=1S/C20H17N3O3/c1-14-22-16(12-24-14)13-25-17-6-8-19(9-7-17)26-18-4-2-15(3-5-18)20-10-11-21-23-20/h2-12H,13H2,1H3,(H,21,23). The molecule has 0 amide bonds. The molecule has 0 saturated carbocycles. The van der Waals surface area contributed by atoms with Crippen molar-refractivity contribution in [1.29, 1.82) is 0 Å². The van der Waals surface area contributed by atoms with Crippen LogP contribution in [0.5, 0.6) is 17.2 Å². The molecule has 0 aliphatic heterocycles. The van der Waals surface area contributed by atoms with Gasteiger partial charge >= 0.3 is 0 Å². The van der Waals surface area contributed by atoms with Crippen LogP contribution in [0, 0.1) is 6.92 Å². The average molecular weight is 347 g/mol. The Kier molecular flexibility index (Phi) is 4.38. The fourth-order valence-electron chi connectivity index (χ4n) is 2.49. The van der Waals surface area contributed by atoms with Gasteiger partial charge in [0.1, 0.15) is 35.8 Å². The van der Waals surface area contributed by atoms with Gasteiger partial charge in [-0.2, -0.15) is 5.10 Å². The Balaban J connectivity index is 1.36. The van der Waals surface area contributed by atoms with Gasteiger partial charge < -0.3 is 13.9 Å². The summed E-state index contributed by atoms with van der Waals surface area (Å²) in [7, 11) is 0. The van der Waals surface area contributed by atoms with Crippen molar-refractivity contribution in [2.75, 3.05) is 0 Å². The van der Waals surface area contributed by atoms with E-state index in [1.165, 1.54) is 0 Å². The highest BCUT2D eigenvalue weighted by molar-refractivity contribution is 5.59. The largest absolute Gasteiger partial charge is 0.487 e. The van der Waals surface area contributed by atoms with Crippen LogP contribution in [0.4, 0.5) is 0 Å². The number of hydrogen-bond acceptors (Lipinski definition) is 5. The molecule has 0 saturated heterocycles.